The standard InChI is InChI=1S/C23H30FN5O2/c1-15(2)23-26-16(3)10-21(27-23)31-14-18-13-29(8-9-30-18)12-17-6-7-20(28(4)5)19(11-25)22(17)24/h6-7,10,15,18H,8-9,12-14H2,1-5H3. The Balaban J connectivity index is 1.63. The number of halogens is 1. The van der Waals surface area contributed by atoms with Crippen molar-refractivity contribution in [3.8, 4) is 11.9 Å². The summed E-state index contributed by atoms with van der Waals surface area (Å²) in [4.78, 5) is 12.8. The topological polar surface area (TPSA) is 74.5 Å². The molecule has 2 aromatic rings. The van der Waals surface area contributed by atoms with Crippen LogP contribution in [0.15, 0.2) is 18.2 Å². The average Bonchev–Trinajstić information content (AvgIpc) is 2.73. The highest BCUT2D eigenvalue weighted by molar-refractivity contribution is 5.60. The molecule has 2 heterocycles. The molecule has 1 fully saturated rings. The Morgan fingerprint density at radius 2 is 2.13 bits per heavy atom. The Labute approximate surface area is 183 Å². The van der Waals surface area contributed by atoms with Crippen LogP contribution in [0.3, 0.4) is 0 Å². The van der Waals surface area contributed by atoms with Crippen LogP contribution in [0.5, 0.6) is 5.88 Å². The molecular weight excluding hydrogens is 397 g/mol. The SMILES string of the molecule is Cc1cc(OCC2CN(Cc3ccc(N(C)C)c(C#N)c3F)CCO2)nc(C(C)C)n1. The number of benzene rings is 1. The first-order valence-electron chi connectivity index (χ1n) is 10.5. The van der Waals surface area contributed by atoms with E-state index in [2.05, 4.69) is 14.9 Å². The molecule has 0 aliphatic carbocycles. The summed E-state index contributed by atoms with van der Waals surface area (Å²) in [5.41, 5.74) is 2.04. The Morgan fingerprint density at radius 3 is 2.81 bits per heavy atom. The van der Waals surface area contributed by atoms with E-state index >= 15 is 0 Å². The minimum Gasteiger partial charge on any atom is -0.475 e. The zero-order valence-electron chi connectivity index (χ0n) is 18.9. The van der Waals surface area contributed by atoms with Crippen molar-refractivity contribution >= 4 is 5.69 Å². The molecule has 0 spiro atoms. The first kappa shape index (κ1) is 22.9. The third kappa shape index (κ3) is 5.69. The second-order valence-electron chi connectivity index (χ2n) is 8.34. The number of hydrogen-bond acceptors (Lipinski definition) is 7. The molecule has 0 bridgehead atoms. The van der Waals surface area contributed by atoms with Gasteiger partial charge in [0.15, 0.2) is 0 Å². The van der Waals surface area contributed by atoms with Gasteiger partial charge in [0.05, 0.1) is 12.3 Å². The summed E-state index contributed by atoms with van der Waals surface area (Å²) in [5.74, 6) is 1.06. The summed E-state index contributed by atoms with van der Waals surface area (Å²) in [7, 11) is 3.59. The molecule has 7 nitrogen and oxygen atoms in total. The summed E-state index contributed by atoms with van der Waals surface area (Å²) in [6, 6.07) is 7.36. The van der Waals surface area contributed by atoms with Crippen LogP contribution >= 0.6 is 0 Å². The van der Waals surface area contributed by atoms with E-state index in [-0.39, 0.29) is 17.6 Å². The zero-order chi connectivity index (χ0) is 22.5. The van der Waals surface area contributed by atoms with Gasteiger partial charge in [-0.05, 0) is 13.0 Å². The van der Waals surface area contributed by atoms with Gasteiger partial charge in [-0.2, -0.15) is 10.2 Å². The number of aryl methyl sites for hydroxylation is 1. The number of nitrogens with zero attached hydrogens (tertiary/aromatic N) is 5. The summed E-state index contributed by atoms with van der Waals surface area (Å²) in [5, 5.41) is 9.39. The fourth-order valence-electron chi connectivity index (χ4n) is 3.55. The van der Waals surface area contributed by atoms with E-state index in [1.54, 1.807) is 31.1 Å². The third-order valence-corrected chi connectivity index (χ3v) is 5.19. The number of nitriles is 1. The first-order valence-corrected chi connectivity index (χ1v) is 10.5. The summed E-state index contributed by atoms with van der Waals surface area (Å²) < 4.78 is 26.6. The van der Waals surface area contributed by atoms with Gasteiger partial charge in [-0.1, -0.05) is 19.9 Å². The van der Waals surface area contributed by atoms with Crippen molar-refractivity contribution in [1.29, 1.82) is 5.26 Å². The largest absolute Gasteiger partial charge is 0.475 e. The molecule has 1 aromatic carbocycles. The van der Waals surface area contributed by atoms with Crippen LogP contribution in [-0.4, -0.2) is 61.4 Å². The molecule has 1 saturated heterocycles. The average molecular weight is 428 g/mol. The van der Waals surface area contributed by atoms with E-state index in [1.807, 2.05) is 32.9 Å². The number of anilines is 1. The van der Waals surface area contributed by atoms with Crippen molar-refractivity contribution in [3.05, 3.63) is 46.7 Å². The fraction of sp³-hybridized carbons (Fsp3) is 0.522. The van der Waals surface area contributed by atoms with Crippen LogP contribution in [0.1, 0.15) is 42.4 Å². The molecule has 0 saturated carbocycles. The van der Waals surface area contributed by atoms with Gasteiger partial charge in [0.2, 0.25) is 5.88 Å². The second kappa shape index (κ2) is 10.0. The van der Waals surface area contributed by atoms with Crippen molar-refractivity contribution in [3.63, 3.8) is 0 Å². The second-order valence-corrected chi connectivity index (χ2v) is 8.34. The zero-order valence-corrected chi connectivity index (χ0v) is 18.9. The predicted octanol–water partition coefficient (Wildman–Crippen LogP) is 3.27. The molecule has 1 aliphatic rings. The highest BCUT2D eigenvalue weighted by Crippen LogP contribution is 2.25. The maximum absolute atomic E-state index is 14.9. The molecule has 1 aromatic heterocycles. The lowest BCUT2D eigenvalue weighted by Crippen LogP contribution is -2.44. The highest BCUT2D eigenvalue weighted by atomic mass is 19.1. The van der Waals surface area contributed by atoms with Crippen LogP contribution in [0.25, 0.3) is 0 Å². The Morgan fingerprint density at radius 1 is 1.35 bits per heavy atom. The van der Waals surface area contributed by atoms with Crippen molar-refractivity contribution in [2.24, 2.45) is 0 Å². The highest BCUT2D eigenvalue weighted by Gasteiger charge is 2.24. The lowest BCUT2D eigenvalue weighted by Gasteiger charge is -2.33. The first-order chi connectivity index (χ1) is 14.8. The number of morpholine rings is 1. The summed E-state index contributed by atoms with van der Waals surface area (Å²) in [6.07, 6.45) is -0.147. The van der Waals surface area contributed by atoms with Gasteiger partial charge in [-0.15, -0.1) is 0 Å². The minimum absolute atomic E-state index is 0.0794. The Hall–Kier alpha value is -2.76. The van der Waals surface area contributed by atoms with E-state index in [1.165, 1.54) is 0 Å². The van der Waals surface area contributed by atoms with Gasteiger partial charge < -0.3 is 14.4 Å². The summed E-state index contributed by atoms with van der Waals surface area (Å²) >= 11 is 0. The molecule has 1 aliphatic heterocycles. The Bertz CT molecular complexity index is 958. The third-order valence-electron chi connectivity index (χ3n) is 5.19. The smallest absolute Gasteiger partial charge is 0.216 e. The maximum atomic E-state index is 14.9. The van der Waals surface area contributed by atoms with Crippen LogP contribution in [-0.2, 0) is 11.3 Å². The molecule has 1 atom stereocenters. The minimum atomic E-state index is -0.453. The Kier molecular flexibility index (Phi) is 7.42. The van der Waals surface area contributed by atoms with Gasteiger partial charge >= 0.3 is 0 Å². The van der Waals surface area contributed by atoms with E-state index in [0.717, 1.165) is 11.5 Å². The van der Waals surface area contributed by atoms with E-state index in [4.69, 9.17) is 9.47 Å². The molecule has 166 valence electrons. The molecule has 1 unspecified atom stereocenters. The number of aromatic nitrogens is 2. The van der Waals surface area contributed by atoms with Crippen molar-refractivity contribution < 1.29 is 13.9 Å². The lowest BCUT2D eigenvalue weighted by molar-refractivity contribution is -0.0512. The van der Waals surface area contributed by atoms with Gasteiger partial charge in [0.1, 0.15) is 36.0 Å². The molecule has 0 radical (unpaired) electrons. The van der Waals surface area contributed by atoms with Crippen LogP contribution in [0.4, 0.5) is 10.1 Å². The van der Waals surface area contributed by atoms with E-state index < -0.39 is 5.82 Å². The van der Waals surface area contributed by atoms with Crippen LogP contribution in [0.2, 0.25) is 0 Å². The normalized spacial score (nSPS) is 16.9. The van der Waals surface area contributed by atoms with E-state index in [9.17, 15) is 9.65 Å². The number of rotatable bonds is 7. The van der Waals surface area contributed by atoms with Crippen molar-refractivity contribution in [2.75, 3.05) is 45.3 Å². The summed E-state index contributed by atoms with van der Waals surface area (Å²) in [6.45, 7) is 8.62. The van der Waals surface area contributed by atoms with Gasteiger partial charge in [-0.25, -0.2) is 9.37 Å². The molecule has 0 N–H and O–H groups in total. The molecule has 8 heteroatoms. The lowest BCUT2D eigenvalue weighted by atomic mass is 10.1. The van der Waals surface area contributed by atoms with Crippen molar-refractivity contribution in [2.45, 2.75) is 39.3 Å². The predicted molar refractivity (Wildman–Crippen MR) is 117 cm³/mol. The quantitative estimate of drug-likeness (QED) is 0.671. The monoisotopic (exact) mass is 427 g/mol. The fourth-order valence-corrected chi connectivity index (χ4v) is 3.55. The van der Waals surface area contributed by atoms with Gasteiger partial charge in [0.25, 0.3) is 0 Å². The number of ether oxygens (including phenoxy) is 2. The van der Waals surface area contributed by atoms with Gasteiger partial charge in [0, 0.05) is 57.0 Å². The molecule has 3 rings (SSSR count). The molecule has 0 amide bonds. The van der Waals surface area contributed by atoms with Crippen LogP contribution < -0.4 is 9.64 Å². The molecular formula is C23H30FN5O2. The molecule has 31 heavy (non-hydrogen) atoms. The van der Waals surface area contributed by atoms with Crippen LogP contribution in [0, 0.1) is 24.1 Å². The number of hydrogen-bond donors (Lipinski definition) is 0. The van der Waals surface area contributed by atoms with Crippen molar-refractivity contribution in [1.82, 2.24) is 14.9 Å². The van der Waals surface area contributed by atoms with E-state index in [0.29, 0.717) is 50.0 Å². The van der Waals surface area contributed by atoms with Gasteiger partial charge in [-0.3, -0.25) is 4.90 Å². The maximum Gasteiger partial charge on any atom is 0.216 e.